The first-order chi connectivity index (χ1) is 8.26. The SMILES string of the molecule is N#Cc1c(Br)cccc1N1CCC(CN)CC1. The molecule has 1 fully saturated rings. The quantitative estimate of drug-likeness (QED) is 0.911. The Kier molecular flexibility index (Phi) is 4.03. The van der Waals surface area contributed by atoms with E-state index in [1.807, 2.05) is 18.2 Å². The van der Waals surface area contributed by atoms with Crippen LogP contribution in [-0.4, -0.2) is 19.6 Å². The van der Waals surface area contributed by atoms with Crippen LogP contribution < -0.4 is 10.6 Å². The molecule has 0 radical (unpaired) electrons. The standard InChI is InChI=1S/C13H16BrN3/c14-12-2-1-3-13(11(12)9-16)17-6-4-10(8-15)5-7-17/h1-3,10H,4-8,15H2. The number of nitrogens with zero attached hydrogens (tertiary/aromatic N) is 2. The molecular weight excluding hydrogens is 278 g/mol. The Morgan fingerprint density at radius 2 is 2.12 bits per heavy atom. The molecule has 2 rings (SSSR count). The lowest BCUT2D eigenvalue weighted by Gasteiger charge is -2.33. The molecule has 0 bridgehead atoms. The van der Waals surface area contributed by atoms with Crippen molar-refractivity contribution in [2.75, 3.05) is 24.5 Å². The Morgan fingerprint density at radius 3 is 2.71 bits per heavy atom. The van der Waals surface area contributed by atoms with E-state index in [1.54, 1.807) is 0 Å². The van der Waals surface area contributed by atoms with Crippen LogP contribution in [0.25, 0.3) is 0 Å². The zero-order chi connectivity index (χ0) is 12.3. The highest BCUT2D eigenvalue weighted by Gasteiger charge is 2.20. The van der Waals surface area contributed by atoms with Crippen LogP contribution in [0.5, 0.6) is 0 Å². The summed E-state index contributed by atoms with van der Waals surface area (Å²) in [5, 5.41) is 9.20. The summed E-state index contributed by atoms with van der Waals surface area (Å²) in [7, 11) is 0. The predicted molar refractivity (Wildman–Crippen MR) is 72.8 cm³/mol. The molecule has 1 aliphatic heterocycles. The number of halogens is 1. The molecule has 1 heterocycles. The molecule has 0 atom stereocenters. The van der Waals surface area contributed by atoms with E-state index in [0.717, 1.165) is 48.2 Å². The normalized spacial score (nSPS) is 16.9. The van der Waals surface area contributed by atoms with Crippen molar-refractivity contribution in [1.29, 1.82) is 5.26 Å². The van der Waals surface area contributed by atoms with Gasteiger partial charge in [-0.2, -0.15) is 5.26 Å². The van der Waals surface area contributed by atoms with Crippen LogP contribution in [0.3, 0.4) is 0 Å². The minimum Gasteiger partial charge on any atom is -0.370 e. The van der Waals surface area contributed by atoms with Crippen molar-refractivity contribution < 1.29 is 0 Å². The van der Waals surface area contributed by atoms with E-state index < -0.39 is 0 Å². The van der Waals surface area contributed by atoms with Gasteiger partial charge in [-0.15, -0.1) is 0 Å². The minimum absolute atomic E-state index is 0.643. The number of nitriles is 1. The zero-order valence-corrected chi connectivity index (χ0v) is 11.3. The van der Waals surface area contributed by atoms with E-state index in [9.17, 15) is 5.26 Å². The van der Waals surface area contributed by atoms with Crippen LogP contribution in [0.4, 0.5) is 5.69 Å². The van der Waals surface area contributed by atoms with Gasteiger partial charge in [-0.3, -0.25) is 0 Å². The molecular formula is C13H16BrN3. The number of nitrogens with two attached hydrogens (primary N) is 1. The van der Waals surface area contributed by atoms with Gasteiger partial charge < -0.3 is 10.6 Å². The molecule has 4 heteroatoms. The van der Waals surface area contributed by atoms with Crippen LogP contribution in [0, 0.1) is 17.2 Å². The van der Waals surface area contributed by atoms with Gasteiger partial charge in [-0.05, 0) is 53.4 Å². The van der Waals surface area contributed by atoms with Crippen molar-refractivity contribution in [2.24, 2.45) is 11.7 Å². The molecule has 0 aromatic heterocycles. The molecule has 17 heavy (non-hydrogen) atoms. The molecule has 0 aliphatic carbocycles. The van der Waals surface area contributed by atoms with Gasteiger partial charge in [0.25, 0.3) is 0 Å². The van der Waals surface area contributed by atoms with Gasteiger partial charge in [-0.1, -0.05) is 6.07 Å². The van der Waals surface area contributed by atoms with Crippen LogP contribution in [-0.2, 0) is 0 Å². The maximum absolute atomic E-state index is 9.20. The van der Waals surface area contributed by atoms with Crippen molar-refractivity contribution in [2.45, 2.75) is 12.8 Å². The number of benzene rings is 1. The van der Waals surface area contributed by atoms with Crippen LogP contribution >= 0.6 is 15.9 Å². The van der Waals surface area contributed by atoms with E-state index in [2.05, 4.69) is 26.9 Å². The van der Waals surface area contributed by atoms with Gasteiger partial charge in [0.1, 0.15) is 6.07 Å². The topological polar surface area (TPSA) is 53.0 Å². The second-order valence-electron chi connectivity index (χ2n) is 4.41. The zero-order valence-electron chi connectivity index (χ0n) is 9.69. The predicted octanol–water partition coefficient (Wildman–Crippen LogP) is 2.50. The van der Waals surface area contributed by atoms with Crippen LogP contribution in [0.1, 0.15) is 18.4 Å². The van der Waals surface area contributed by atoms with Crippen molar-refractivity contribution in [3.05, 3.63) is 28.2 Å². The van der Waals surface area contributed by atoms with E-state index in [0.29, 0.717) is 5.92 Å². The van der Waals surface area contributed by atoms with E-state index >= 15 is 0 Å². The molecule has 0 saturated carbocycles. The van der Waals surface area contributed by atoms with Gasteiger partial charge in [0, 0.05) is 17.6 Å². The van der Waals surface area contributed by atoms with Crippen molar-refractivity contribution in [1.82, 2.24) is 0 Å². The summed E-state index contributed by atoms with van der Waals surface area (Å²) in [6.45, 7) is 2.76. The number of hydrogen-bond donors (Lipinski definition) is 1. The van der Waals surface area contributed by atoms with Gasteiger partial charge in [0.05, 0.1) is 11.3 Å². The van der Waals surface area contributed by atoms with Crippen molar-refractivity contribution >= 4 is 21.6 Å². The highest BCUT2D eigenvalue weighted by atomic mass is 79.9. The van der Waals surface area contributed by atoms with Gasteiger partial charge in [0.15, 0.2) is 0 Å². The summed E-state index contributed by atoms with van der Waals surface area (Å²) < 4.78 is 0.874. The third-order valence-corrected chi connectivity index (χ3v) is 4.05. The molecule has 1 aliphatic rings. The lowest BCUT2D eigenvalue weighted by molar-refractivity contribution is 0.414. The average molecular weight is 294 g/mol. The number of piperidine rings is 1. The lowest BCUT2D eigenvalue weighted by Crippen LogP contribution is -2.36. The summed E-state index contributed by atoms with van der Waals surface area (Å²) in [5.74, 6) is 0.643. The van der Waals surface area contributed by atoms with Gasteiger partial charge in [-0.25, -0.2) is 0 Å². The molecule has 0 spiro atoms. The Bertz CT molecular complexity index is 431. The lowest BCUT2D eigenvalue weighted by atomic mass is 9.96. The molecule has 3 nitrogen and oxygen atoms in total. The fourth-order valence-corrected chi connectivity index (χ4v) is 2.74. The maximum atomic E-state index is 9.20. The summed E-state index contributed by atoms with van der Waals surface area (Å²) in [5.41, 5.74) is 7.46. The Balaban J connectivity index is 2.19. The van der Waals surface area contributed by atoms with Gasteiger partial charge >= 0.3 is 0 Å². The van der Waals surface area contributed by atoms with E-state index in [4.69, 9.17) is 5.73 Å². The molecule has 0 amide bonds. The molecule has 1 saturated heterocycles. The van der Waals surface area contributed by atoms with Crippen molar-refractivity contribution in [3.8, 4) is 6.07 Å². The molecule has 1 aromatic rings. The molecule has 1 aromatic carbocycles. The van der Waals surface area contributed by atoms with Crippen molar-refractivity contribution in [3.63, 3.8) is 0 Å². The summed E-state index contributed by atoms with van der Waals surface area (Å²) in [6.07, 6.45) is 2.24. The highest BCUT2D eigenvalue weighted by Crippen LogP contribution is 2.30. The third kappa shape index (κ3) is 2.62. The minimum atomic E-state index is 0.643. The number of rotatable bonds is 2. The number of anilines is 1. The smallest absolute Gasteiger partial charge is 0.103 e. The first-order valence-electron chi connectivity index (χ1n) is 5.90. The second kappa shape index (κ2) is 5.52. The van der Waals surface area contributed by atoms with Crippen LogP contribution in [0.2, 0.25) is 0 Å². The number of hydrogen-bond acceptors (Lipinski definition) is 3. The van der Waals surface area contributed by atoms with E-state index in [1.165, 1.54) is 0 Å². The fraction of sp³-hybridized carbons (Fsp3) is 0.462. The second-order valence-corrected chi connectivity index (χ2v) is 5.27. The van der Waals surface area contributed by atoms with E-state index in [-0.39, 0.29) is 0 Å². The fourth-order valence-electron chi connectivity index (χ4n) is 2.30. The van der Waals surface area contributed by atoms with Gasteiger partial charge in [0.2, 0.25) is 0 Å². The highest BCUT2D eigenvalue weighted by molar-refractivity contribution is 9.10. The summed E-state index contributed by atoms with van der Waals surface area (Å²) in [4.78, 5) is 2.29. The molecule has 90 valence electrons. The Labute approximate surface area is 110 Å². The first kappa shape index (κ1) is 12.4. The largest absolute Gasteiger partial charge is 0.370 e. The molecule has 2 N–H and O–H groups in total. The summed E-state index contributed by atoms with van der Waals surface area (Å²) in [6, 6.07) is 8.19. The Hall–Kier alpha value is -1.05. The maximum Gasteiger partial charge on any atom is 0.103 e. The summed E-state index contributed by atoms with van der Waals surface area (Å²) >= 11 is 3.43. The molecule has 0 unspecified atom stereocenters. The van der Waals surface area contributed by atoms with Crippen LogP contribution in [0.15, 0.2) is 22.7 Å². The first-order valence-corrected chi connectivity index (χ1v) is 6.69. The monoisotopic (exact) mass is 293 g/mol. The Morgan fingerprint density at radius 1 is 1.41 bits per heavy atom. The average Bonchev–Trinajstić information content (AvgIpc) is 2.38. The third-order valence-electron chi connectivity index (χ3n) is 3.39.